The summed E-state index contributed by atoms with van der Waals surface area (Å²) in [6.45, 7) is 0.355. The average molecular weight is 287 g/mol. The van der Waals surface area contributed by atoms with Crippen molar-refractivity contribution in [3.63, 3.8) is 0 Å². The van der Waals surface area contributed by atoms with Gasteiger partial charge in [0.15, 0.2) is 0 Å². The summed E-state index contributed by atoms with van der Waals surface area (Å²) in [4.78, 5) is 10.1. The number of nitro groups is 1. The minimum Gasteiger partial charge on any atom is -0.380 e. The molecule has 0 spiro atoms. The van der Waals surface area contributed by atoms with E-state index >= 15 is 0 Å². The summed E-state index contributed by atoms with van der Waals surface area (Å²) in [5.74, 6) is -0.391. The molecule has 1 aromatic carbocycles. The molecule has 2 aromatic rings. The predicted octanol–water partition coefficient (Wildman–Crippen LogP) is 4.06. The summed E-state index contributed by atoms with van der Waals surface area (Å²) in [5.41, 5.74) is 1.22. The largest absolute Gasteiger partial charge is 0.380 e. The van der Waals surface area contributed by atoms with Gasteiger partial charge in [0.1, 0.15) is 5.82 Å². The predicted molar refractivity (Wildman–Crippen MR) is 69.7 cm³/mol. The van der Waals surface area contributed by atoms with Crippen LogP contribution >= 0.6 is 22.9 Å². The van der Waals surface area contributed by atoms with Crippen LogP contribution in [0.1, 0.15) is 5.56 Å². The van der Waals surface area contributed by atoms with Crippen molar-refractivity contribution < 1.29 is 9.31 Å². The Morgan fingerprint density at radius 2 is 2.22 bits per heavy atom. The zero-order valence-corrected chi connectivity index (χ0v) is 10.6. The van der Waals surface area contributed by atoms with E-state index in [4.69, 9.17) is 11.6 Å². The average Bonchev–Trinajstić information content (AvgIpc) is 2.79. The molecule has 0 saturated carbocycles. The van der Waals surface area contributed by atoms with Gasteiger partial charge in [-0.1, -0.05) is 22.9 Å². The molecule has 0 aliphatic rings. The van der Waals surface area contributed by atoms with Crippen LogP contribution in [0.2, 0.25) is 5.02 Å². The van der Waals surface area contributed by atoms with Crippen molar-refractivity contribution in [1.29, 1.82) is 0 Å². The van der Waals surface area contributed by atoms with Crippen LogP contribution in [0.5, 0.6) is 0 Å². The lowest BCUT2D eigenvalue weighted by molar-refractivity contribution is -0.380. The molecule has 0 bridgehead atoms. The first-order chi connectivity index (χ1) is 8.56. The monoisotopic (exact) mass is 286 g/mol. The number of hydrogen-bond donors (Lipinski definition) is 1. The van der Waals surface area contributed by atoms with Gasteiger partial charge in [-0.05, 0) is 23.8 Å². The zero-order valence-electron chi connectivity index (χ0n) is 9.02. The number of anilines is 1. The molecule has 4 nitrogen and oxygen atoms in total. The second kappa shape index (κ2) is 5.32. The molecule has 0 fully saturated rings. The molecule has 1 N–H and O–H groups in total. The molecule has 94 valence electrons. The molecular weight excluding hydrogens is 279 g/mol. The lowest BCUT2D eigenvalue weighted by Gasteiger charge is -2.06. The molecule has 18 heavy (non-hydrogen) atoms. The van der Waals surface area contributed by atoms with E-state index in [1.165, 1.54) is 24.3 Å². The summed E-state index contributed by atoms with van der Waals surface area (Å²) in [6.07, 6.45) is 0. The fourth-order valence-corrected chi connectivity index (χ4v) is 2.29. The third kappa shape index (κ3) is 2.96. The molecule has 0 aliphatic carbocycles. The smallest absolute Gasteiger partial charge is 0.324 e. The summed E-state index contributed by atoms with van der Waals surface area (Å²) in [6, 6.07) is 5.48. The number of nitrogens with one attached hydrogen (secondary N) is 1. The van der Waals surface area contributed by atoms with Crippen LogP contribution in [0.25, 0.3) is 0 Å². The molecule has 1 aromatic heterocycles. The van der Waals surface area contributed by atoms with E-state index in [0.717, 1.165) is 16.9 Å². The highest BCUT2D eigenvalue weighted by Crippen LogP contribution is 2.26. The first-order valence-corrected chi connectivity index (χ1v) is 6.23. The minimum absolute atomic E-state index is 0.0807. The number of rotatable bonds is 4. The van der Waals surface area contributed by atoms with E-state index in [1.807, 2.05) is 0 Å². The molecule has 0 amide bonds. The van der Waals surface area contributed by atoms with Crippen molar-refractivity contribution in [3.8, 4) is 0 Å². The van der Waals surface area contributed by atoms with Gasteiger partial charge in [-0.25, -0.2) is 4.39 Å². The van der Waals surface area contributed by atoms with E-state index in [2.05, 4.69) is 5.32 Å². The molecule has 0 radical (unpaired) electrons. The number of thiophene rings is 1. The number of nitrogens with zero attached hydrogens (tertiary/aromatic N) is 1. The molecule has 0 unspecified atom stereocenters. The van der Waals surface area contributed by atoms with Crippen molar-refractivity contribution in [2.24, 2.45) is 0 Å². The topological polar surface area (TPSA) is 55.2 Å². The van der Waals surface area contributed by atoms with Gasteiger partial charge in [0.2, 0.25) is 0 Å². The fourth-order valence-electron chi connectivity index (χ4n) is 1.38. The second-order valence-corrected chi connectivity index (χ2v) is 4.82. The van der Waals surface area contributed by atoms with Crippen LogP contribution < -0.4 is 5.32 Å². The van der Waals surface area contributed by atoms with E-state index in [0.29, 0.717) is 17.3 Å². The Morgan fingerprint density at radius 1 is 1.44 bits per heavy atom. The first kappa shape index (κ1) is 12.8. The molecule has 0 aliphatic heterocycles. The molecule has 2 rings (SSSR count). The van der Waals surface area contributed by atoms with Gasteiger partial charge in [0, 0.05) is 18.0 Å². The Labute approximate surface area is 111 Å². The highest BCUT2D eigenvalue weighted by atomic mass is 35.5. The van der Waals surface area contributed by atoms with Crippen molar-refractivity contribution in [1.82, 2.24) is 0 Å². The maximum Gasteiger partial charge on any atom is 0.324 e. The number of halogens is 2. The molecule has 0 atom stereocenters. The third-order valence-corrected chi connectivity index (χ3v) is 3.49. The Morgan fingerprint density at radius 3 is 2.89 bits per heavy atom. The van der Waals surface area contributed by atoms with Gasteiger partial charge in [0.05, 0.1) is 15.6 Å². The lowest BCUT2D eigenvalue weighted by atomic mass is 10.3. The van der Waals surface area contributed by atoms with E-state index in [-0.39, 0.29) is 5.00 Å². The summed E-state index contributed by atoms with van der Waals surface area (Å²) < 4.78 is 13.0. The van der Waals surface area contributed by atoms with Gasteiger partial charge in [-0.15, -0.1) is 0 Å². The van der Waals surface area contributed by atoms with Crippen LogP contribution in [-0.2, 0) is 6.54 Å². The maximum absolute atomic E-state index is 13.0. The van der Waals surface area contributed by atoms with Gasteiger partial charge in [-0.3, -0.25) is 10.1 Å². The molecule has 0 saturated heterocycles. The Hall–Kier alpha value is -1.66. The van der Waals surface area contributed by atoms with Crippen molar-refractivity contribution >= 4 is 33.6 Å². The molecular formula is C11H8ClFN2O2S. The normalized spacial score (nSPS) is 10.3. The van der Waals surface area contributed by atoms with Crippen LogP contribution in [-0.4, -0.2) is 4.92 Å². The lowest BCUT2D eigenvalue weighted by Crippen LogP contribution is -1.99. The van der Waals surface area contributed by atoms with Crippen LogP contribution in [0.15, 0.2) is 29.6 Å². The highest BCUT2D eigenvalue weighted by Gasteiger charge is 2.09. The standard InChI is InChI=1S/C11H8ClFN2O2S/c12-9-2-1-8(13)4-10(9)14-5-7-3-11(15(16)17)18-6-7/h1-4,6,14H,5H2. The van der Waals surface area contributed by atoms with E-state index < -0.39 is 10.7 Å². The molecule has 7 heteroatoms. The van der Waals surface area contributed by atoms with E-state index in [9.17, 15) is 14.5 Å². The third-order valence-electron chi connectivity index (χ3n) is 2.23. The summed E-state index contributed by atoms with van der Waals surface area (Å²) >= 11 is 6.94. The Bertz CT molecular complexity index is 588. The zero-order chi connectivity index (χ0) is 13.1. The van der Waals surface area contributed by atoms with Crippen LogP contribution in [0.3, 0.4) is 0 Å². The van der Waals surface area contributed by atoms with Gasteiger partial charge in [-0.2, -0.15) is 0 Å². The minimum atomic E-state index is -0.441. The van der Waals surface area contributed by atoms with Crippen LogP contribution in [0, 0.1) is 15.9 Å². The fraction of sp³-hybridized carbons (Fsp3) is 0.0909. The van der Waals surface area contributed by atoms with Crippen molar-refractivity contribution in [3.05, 3.63) is 56.2 Å². The summed E-state index contributed by atoms with van der Waals surface area (Å²) in [5, 5.41) is 15.6. The van der Waals surface area contributed by atoms with Gasteiger partial charge in [0.25, 0.3) is 0 Å². The Balaban J connectivity index is 2.06. The highest BCUT2D eigenvalue weighted by molar-refractivity contribution is 7.13. The van der Waals surface area contributed by atoms with Gasteiger partial charge >= 0.3 is 5.00 Å². The van der Waals surface area contributed by atoms with Crippen molar-refractivity contribution in [2.45, 2.75) is 6.54 Å². The second-order valence-electron chi connectivity index (χ2n) is 3.53. The quantitative estimate of drug-likeness (QED) is 0.681. The van der Waals surface area contributed by atoms with E-state index in [1.54, 1.807) is 5.38 Å². The first-order valence-electron chi connectivity index (χ1n) is 4.97. The Kier molecular flexibility index (Phi) is 3.78. The SMILES string of the molecule is O=[N+]([O-])c1cc(CNc2cc(F)ccc2Cl)cs1. The van der Waals surface area contributed by atoms with Gasteiger partial charge < -0.3 is 5.32 Å². The number of hydrogen-bond acceptors (Lipinski definition) is 4. The summed E-state index contributed by atoms with van der Waals surface area (Å²) in [7, 11) is 0. The molecule has 1 heterocycles. The maximum atomic E-state index is 13.0. The van der Waals surface area contributed by atoms with Crippen molar-refractivity contribution in [2.75, 3.05) is 5.32 Å². The number of benzene rings is 1. The van der Waals surface area contributed by atoms with Crippen LogP contribution in [0.4, 0.5) is 15.1 Å².